The minimum atomic E-state index is -0.974. The number of rotatable bonds is 7. The number of anilines is 3. The first-order valence-corrected chi connectivity index (χ1v) is 11.4. The van der Waals surface area contributed by atoms with Gasteiger partial charge in [-0.2, -0.15) is 0 Å². The van der Waals surface area contributed by atoms with E-state index in [0.717, 1.165) is 12.5 Å². The van der Waals surface area contributed by atoms with E-state index in [4.69, 9.17) is 5.73 Å². The third-order valence-corrected chi connectivity index (χ3v) is 6.02. The summed E-state index contributed by atoms with van der Waals surface area (Å²) in [5.41, 5.74) is 6.04. The van der Waals surface area contributed by atoms with Gasteiger partial charge < -0.3 is 11.1 Å². The zero-order valence-corrected chi connectivity index (χ0v) is 19.2. The maximum Gasteiger partial charge on any atom is 0.330 e. The van der Waals surface area contributed by atoms with Gasteiger partial charge in [-0.05, 0) is 29.7 Å². The molecule has 2 heterocycles. The van der Waals surface area contributed by atoms with E-state index in [9.17, 15) is 23.6 Å². The summed E-state index contributed by atoms with van der Waals surface area (Å²) in [5, 5.41) is 2.59. The Kier molecular flexibility index (Phi) is 6.81. The van der Waals surface area contributed by atoms with Gasteiger partial charge in [0.05, 0.1) is 12.5 Å². The van der Waals surface area contributed by atoms with Crippen molar-refractivity contribution in [3.63, 3.8) is 0 Å². The smallest absolute Gasteiger partial charge is 0.330 e. The Bertz CT molecular complexity index is 1380. The van der Waals surface area contributed by atoms with E-state index in [-0.39, 0.29) is 36.7 Å². The molecular weight excluding hydrogens is 453 g/mol. The van der Waals surface area contributed by atoms with E-state index in [1.165, 1.54) is 21.6 Å². The van der Waals surface area contributed by atoms with Crippen LogP contribution in [0.2, 0.25) is 0 Å². The second-order valence-electron chi connectivity index (χ2n) is 8.44. The third-order valence-electron chi connectivity index (χ3n) is 6.02. The molecule has 0 fully saturated rings. The van der Waals surface area contributed by atoms with Gasteiger partial charge in [0, 0.05) is 18.7 Å². The molecule has 2 aromatic carbocycles. The number of carbonyl (C=O) groups is 2. The molecule has 0 saturated carbocycles. The normalized spacial score (nSPS) is 14.8. The largest absolute Gasteiger partial charge is 0.383 e. The van der Waals surface area contributed by atoms with Crippen LogP contribution >= 0.6 is 0 Å². The summed E-state index contributed by atoms with van der Waals surface area (Å²) >= 11 is 0. The molecule has 2 amide bonds. The number of benzene rings is 2. The number of unbranched alkanes of at least 4 members (excludes halogenated alkanes) is 1. The van der Waals surface area contributed by atoms with Gasteiger partial charge in [-0.25, -0.2) is 9.18 Å². The number of carbonyl (C=O) groups excluding carboxylic acids is 2. The van der Waals surface area contributed by atoms with Gasteiger partial charge in [-0.3, -0.25) is 28.8 Å². The summed E-state index contributed by atoms with van der Waals surface area (Å²) in [6, 6.07) is 12.8. The monoisotopic (exact) mass is 479 g/mol. The summed E-state index contributed by atoms with van der Waals surface area (Å²) in [4.78, 5) is 55.3. The number of fused-ring (bicyclic) bond motifs is 1. The second kappa shape index (κ2) is 9.96. The van der Waals surface area contributed by atoms with E-state index >= 15 is 0 Å². The van der Waals surface area contributed by atoms with Gasteiger partial charge in [-0.15, -0.1) is 0 Å². The van der Waals surface area contributed by atoms with Crippen LogP contribution in [0.1, 0.15) is 43.2 Å². The number of hydrogen-bond donors (Lipinski definition) is 3. The first-order chi connectivity index (χ1) is 16.8. The molecule has 1 aliphatic rings. The van der Waals surface area contributed by atoms with Gasteiger partial charge in [-0.1, -0.05) is 49.7 Å². The third kappa shape index (κ3) is 4.86. The average molecular weight is 480 g/mol. The van der Waals surface area contributed by atoms with Gasteiger partial charge in [0.25, 0.3) is 5.56 Å². The van der Waals surface area contributed by atoms with E-state index in [1.807, 2.05) is 13.0 Å². The summed E-state index contributed by atoms with van der Waals surface area (Å²) in [5.74, 6) is -2.67. The van der Waals surface area contributed by atoms with Crippen LogP contribution in [0.4, 0.5) is 21.6 Å². The van der Waals surface area contributed by atoms with Crippen molar-refractivity contribution in [3.8, 4) is 0 Å². The molecule has 1 unspecified atom stereocenters. The van der Waals surface area contributed by atoms with Crippen molar-refractivity contribution in [3.05, 3.63) is 86.3 Å². The molecule has 4 N–H and O–H groups in total. The number of nitrogens with zero attached hydrogens (tertiary/aromatic N) is 2. The topological polar surface area (TPSA) is 130 Å². The number of aromatic amines is 1. The quantitative estimate of drug-likeness (QED) is 0.480. The summed E-state index contributed by atoms with van der Waals surface area (Å²) in [6.45, 7) is 2.20. The zero-order chi connectivity index (χ0) is 25.1. The molecule has 0 spiro atoms. The molecule has 0 radical (unpaired) electrons. The van der Waals surface area contributed by atoms with Gasteiger partial charge >= 0.3 is 5.69 Å². The number of hydrogen-bond acceptors (Lipinski definition) is 5. The summed E-state index contributed by atoms with van der Waals surface area (Å²) < 4.78 is 15.0. The SMILES string of the molecule is CCCCn1c(N)c(N(Cc2ccccc2)C(=O)C2CC(=O)Nc3cc(F)ccc32)c(=O)[nH]c1=O. The van der Waals surface area contributed by atoms with Crippen LogP contribution in [-0.2, 0) is 22.7 Å². The molecule has 182 valence electrons. The lowest BCUT2D eigenvalue weighted by molar-refractivity contribution is -0.124. The first-order valence-electron chi connectivity index (χ1n) is 11.4. The van der Waals surface area contributed by atoms with Crippen molar-refractivity contribution in [1.29, 1.82) is 0 Å². The Balaban J connectivity index is 1.86. The lowest BCUT2D eigenvalue weighted by Gasteiger charge is -2.31. The van der Waals surface area contributed by atoms with Crippen LogP contribution in [-0.4, -0.2) is 21.4 Å². The van der Waals surface area contributed by atoms with Crippen molar-refractivity contribution in [2.24, 2.45) is 0 Å². The first kappa shape index (κ1) is 23.9. The number of nitrogens with one attached hydrogen (secondary N) is 2. The highest BCUT2D eigenvalue weighted by Crippen LogP contribution is 2.35. The molecule has 1 aromatic heterocycles. The Labute approximate surface area is 200 Å². The molecule has 10 heteroatoms. The molecule has 3 aromatic rings. The predicted molar refractivity (Wildman–Crippen MR) is 131 cm³/mol. The molecule has 1 atom stereocenters. The maximum absolute atomic E-state index is 14.0. The van der Waals surface area contributed by atoms with Crippen LogP contribution in [0.5, 0.6) is 0 Å². The lowest BCUT2D eigenvalue weighted by atomic mass is 9.89. The molecule has 1 aliphatic heterocycles. The average Bonchev–Trinajstić information content (AvgIpc) is 2.82. The zero-order valence-electron chi connectivity index (χ0n) is 19.2. The maximum atomic E-state index is 14.0. The van der Waals surface area contributed by atoms with Crippen LogP contribution in [0.3, 0.4) is 0 Å². The molecule has 0 aliphatic carbocycles. The number of H-pyrrole nitrogens is 1. The Morgan fingerprint density at radius 1 is 1.17 bits per heavy atom. The van der Waals surface area contributed by atoms with Crippen LogP contribution in [0.15, 0.2) is 58.1 Å². The van der Waals surface area contributed by atoms with Gasteiger partial charge in [0.15, 0.2) is 5.69 Å². The highest BCUT2D eigenvalue weighted by atomic mass is 19.1. The molecule has 9 nitrogen and oxygen atoms in total. The Morgan fingerprint density at radius 2 is 1.91 bits per heavy atom. The standard InChI is InChI=1S/C25H26FN5O4/c1-2-3-11-30-22(27)21(23(33)29-25(30)35)31(14-15-7-5-4-6-8-15)24(34)18-13-20(32)28-19-12-16(26)9-10-17(18)19/h4-10,12,18H,2-3,11,13-14,27H2,1H3,(H,28,32)(H,29,33,35). The van der Waals surface area contributed by atoms with Crippen molar-refractivity contribution >= 4 is 29.0 Å². The fraction of sp³-hybridized carbons (Fsp3) is 0.280. The second-order valence-corrected chi connectivity index (χ2v) is 8.44. The van der Waals surface area contributed by atoms with Crippen molar-refractivity contribution < 1.29 is 14.0 Å². The highest BCUT2D eigenvalue weighted by Gasteiger charge is 2.36. The van der Waals surface area contributed by atoms with Crippen molar-refractivity contribution in [2.75, 3.05) is 16.0 Å². The number of aromatic nitrogens is 2. The predicted octanol–water partition coefficient (Wildman–Crippen LogP) is 2.72. The van der Waals surface area contributed by atoms with E-state index in [0.29, 0.717) is 17.5 Å². The van der Waals surface area contributed by atoms with Crippen LogP contribution in [0, 0.1) is 5.82 Å². The number of nitrogens with two attached hydrogens (primary N) is 1. The van der Waals surface area contributed by atoms with Crippen molar-refractivity contribution in [1.82, 2.24) is 9.55 Å². The van der Waals surface area contributed by atoms with E-state index in [1.54, 1.807) is 24.3 Å². The highest BCUT2D eigenvalue weighted by molar-refractivity contribution is 6.06. The minimum absolute atomic E-state index is 0.0203. The van der Waals surface area contributed by atoms with Crippen LogP contribution in [0.25, 0.3) is 0 Å². The number of nitrogen functional groups attached to an aromatic ring is 1. The van der Waals surface area contributed by atoms with Crippen molar-refractivity contribution in [2.45, 2.75) is 45.2 Å². The molecule has 4 rings (SSSR count). The Hall–Kier alpha value is -4.21. The fourth-order valence-electron chi connectivity index (χ4n) is 4.26. The minimum Gasteiger partial charge on any atom is -0.383 e. The number of halogens is 1. The van der Waals surface area contributed by atoms with Gasteiger partial charge in [0.1, 0.15) is 11.6 Å². The summed E-state index contributed by atoms with van der Waals surface area (Å²) in [7, 11) is 0. The summed E-state index contributed by atoms with van der Waals surface area (Å²) in [6.07, 6.45) is 1.25. The van der Waals surface area contributed by atoms with E-state index < -0.39 is 34.8 Å². The van der Waals surface area contributed by atoms with Gasteiger partial charge in [0.2, 0.25) is 11.8 Å². The molecule has 0 bridgehead atoms. The number of amides is 2. The van der Waals surface area contributed by atoms with E-state index in [2.05, 4.69) is 10.3 Å². The van der Waals surface area contributed by atoms with Crippen LogP contribution < -0.4 is 27.2 Å². The Morgan fingerprint density at radius 3 is 2.63 bits per heavy atom. The molecule has 0 saturated heterocycles. The fourth-order valence-corrected chi connectivity index (χ4v) is 4.26. The molecule has 35 heavy (non-hydrogen) atoms. The molecular formula is C25H26FN5O4. The lowest BCUT2D eigenvalue weighted by Crippen LogP contribution is -2.44.